The molecule has 0 saturated carbocycles. The number of allylic oxidation sites excluding steroid dienone is 1. The Kier molecular flexibility index (Phi) is 6.24. The lowest BCUT2D eigenvalue weighted by Gasteiger charge is -2.36. The van der Waals surface area contributed by atoms with E-state index in [1.165, 1.54) is 5.57 Å². The number of hydrogen-bond acceptors (Lipinski definition) is 3. The molecule has 0 unspecified atom stereocenters. The van der Waals surface area contributed by atoms with Gasteiger partial charge in [0, 0.05) is 6.42 Å². The largest absolute Gasteiger partial charge is 0.413 e. The molecule has 0 N–H and O–H groups in total. The third-order valence-electron chi connectivity index (χ3n) is 4.05. The highest BCUT2D eigenvalue weighted by Crippen LogP contribution is 2.36. The monoisotopic (exact) mass is 286 g/mol. The second kappa shape index (κ2) is 7.02. The Hall–Kier alpha value is -0.163. The highest BCUT2D eigenvalue weighted by molar-refractivity contribution is 6.74. The second-order valence-electron chi connectivity index (χ2n) is 6.85. The quantitative estimate of drug-likeness (QED) is 0.543. The van der Waals surface area contributed by atoms with E-state index in [4.69, 9.17) is 13.9 Å². The smallest absolute Gasteiger partial charge is 0.192 e. The first kappa shape index (κ1) is 16.9. The Bertz CT molecular complexity index is 299. The fourth-order valence-corrected chi connectivity index (χ4v) is 2.63. The van der Waals surface area contributed by atoms with Gasteiger partial charge >= 0.3 is 0 Å². The molecule has 4 heteroatoms. The van der Waals surface area contributed by atoms with E-state index in [2.05, 4.69) is 46.9 Å². The molecule has 1 aliphatic rings. The third kappa shape index (κ3) is 5.77. The van der Waals surface area contributed by atoms with Crippen LogP contribution < -0.4 is 0 Å². The minimum Gasteiger partial charge on any atom is -0.413 e. The van der Waals surface area contributed by atoms with Crippen LogP contribution in [0.15, 0.2) is 11.6 Å². The van der Waals surface area contributed by atoms with Crippen LogP contribution in [-0.4, -0.2) is 34.4 Å². The van der Waals surface area contributed by atoms with Crippen LogP contribution in [0.1, 0.15) is 40.5 Å². The summed E-state index contributed by atoms with van der Waals surface area (Å²) in [4.78, 5) is 0. The van der Waals surface area contributed by atoms with Gasteiger partial charge in [0.05, 0.1) is 19.8 Å². The standard InChI is InChI=1S/C15H30O3Si/c1-13(8-7-9-14-16-10-11-17-14)12-18-19(5,6)15(2,3)4/h8,14H,7,9-12H2,1-6H3/b13-8+. The van der Waals surface area contributed by atoms with Gasteiger partial charge in [-0.15, -0.1) is 0 Å². The molecule has 0 amide bonds. The molecule has 0 aromatic carbocycles. The average Bonchev–Trinajstić information content (AvgIpc) is 2.78. The zero-order valence-corrected chi connectivity index (χ0v) is 14.4. The Balaban J connectivity index is 2.27. The average molecular weight is 286 g/mol. The van der Waals surface area contributed by atoms with E-state index >= 15 is 0 Å². The predicted octanol–water partition coefficient (Wildman–Crippen LogP) is 4.11. The normalized spacial score (nSPS) is 19.2. The van der Waals surface area contributed by atoms with E-state index in [-0.39, 0.29) is 11.3 Å². The van der Waals surface area contributed by atoms with E-state index in [0.29, 0.717) is 0 Å². The number of ether oxygens (including phenoxy) is 2. The maximum Gasteiger partial charge on any atom is 0.192 e. The van der Waals surface area contributed by atoms with Crippen LogP contribution in [0.3, 0.4) is 0 Å². The van der Waals surface area contributed by atoms with Crippen molar-refractivity contribution in [2.45, 2.75) is 65.0 Å². The van der Waals surface area contributed by atoms with Crippen LogP contribution in [0.25, 0.3) is 0 Å². The first-order valence-corrected chi connectivity index (χ1v) is 10.2. The van der Waals surface area contributed by atoms with Crippen molar-refractivity contribution in [3.63, 3.8) is 0 Å². The van der Waals surface area contributed by atoms with Gasteiger partial charge in [0.25, 0.3) is 0 Å². The summed E-state index contributed by atoms with van der Waals surface area (Å²) in [7, 11) is -1.62. The third-order valence-corrected chi connectivity index (χ3v) is 8.53. The van der Waals surface area contributed by atoms with Crippen molar-refractivity contribution < 1.29 is 13.9 Å². The first-order chi connectivity index (χ1) is 8.72. The molecule has 1 heterocycles. The zero-order valence-electron chi connectivity index (χ0n) is 13.4. The molecule has 0 aromatic heterocycles. The van der Waals surface area contributed by atoms with Gasteiger partial charge in [-0.25, -0.2) is 0 Å². The molecular weight excluding hydrogens is 256 g/mol. The fourth-order valence-electron chi connectivity index (χ4n) is 1.61. The van der Waals surface area contributed by atoms with Gasteiger partial charge in [-0.3, -0.25) is 0 Å². The van der Waals surface area contributed by atoms with Gasteiger partial charge in [-0.05, 0) is 31.5 Å². The van der Waals surface area contributed by atoms with E-state index in [1.807, 2.05) is 0 Å². The molecule has 1 aliphatic heterocycles. The molecule has 0 radical (unpaired) electrons. The maximum atomic E-state index is 6.19. The molecule has 112 valence electrons. The summed E-state index contributed by atoms with van der Waals surface area (Å²) >= 11 is 0. The maximum absolute atomic E-state index is 6.19. The molecule has 19 heavy (non-hydrogen) atoms. The lowest BCUT2D eigenvalue weighted by Crippen LogP contribution is -2.41. The van der Waals surface area contributed by atoms with Gasteiger partial charge in [0.1, 0.15) is 0 Å². The van der Waals surface area contributed by atoms with Crippen molar-refractivity contribution in [3.8, 4) is 0 Å². The highest BCUT2D eigenvalue weighted by atomic mass is 28.4. The summed E-state index contributed by atoms with van der Waals surface area (Å²) in [6.45, 7) is 15.8. The zero-order chi connectivity index (χ0) is 14.5. The van der Waals surface area contributed by atoms with Crippen LogP contribution in [-0.2, 0) is 13.9 Å². The van der Waals surface area contributed by atoms with Gasteiger partial charge in [0.2, 0.25) is 0 Å². The highest BCUT2D eigenvalue weighted by Gasteiger charge is 2.36. The Morgan fingerprint density at radius 2 is 1.84 bits per heavy atom. The molecule has 0 aromatic rings. The Morgan fingerprint density at radius 1 is 1.26 bits per heavy atom. The molecule has 0 aliphatic carbocycles. The molecule has 1 rings (SSSR count). The SMILES string of the molecule is C/C(=C\CCC1OCCO1)CO[Si](C)(C)C(C)(C)C. The lowest BCUT2D eigenvalue weighted by molar-refractivity contribution is -0.0457. The summed E-state index contributed by atoms with van der Waals surface area (Å²) in [6.07, 6.45) is 4.19. The summed E-state index contributed by atoms with van der Waals surface area (Å²) < 4.78 is 17.0. The van der Waals surface area contributed by atoms with Crippen molar-refractivity contribution in [1.82, 2.24) is 0 Å². The van der Waals surface area contributed by atoms with E-state index in [0.717, 1.165) is 32.7 Å². The van der Waals surface area contributed by atoms with E-state index in [1.54, 1.807) is 0 Å². The second-order valence-corrected chi connectivity index (χ2v) is 11.7. The predicted molar refractivity (Wildman–Crippen MR) is 81.8 cm³/mol. The molecule has 1 saturated heterocycles. The summed E-state index contributed by atoms with van der Waals surface area (Å²) in [6, 6.07) is 0. The van der Waals surface area contributed by atoms with Gasteiger partial charge in [0.15, 0.2) is 14.6 Å². The van der Waals surface area contributed by atoms with E-state index < -0.39 is 8.32 Å². The van der Waals surface area contributed by atoms with E-state index in [9.17, 15) is 0 Å². The van der Waals surface area contributed by atoms with Crippen LogP contribution >= 0.6 is 0 Å². The Morgan fingerprint density at radius 3 is 2.37 bits per heavy atom. The molecule has 0 bridgehead atoms. The van der Waals surface area contributed by atoms with Gasteiger partial charge < -0.3 is 13.9 Å². The van der Waals surface area contributed by atoms with Crippen molar-refractivity contribution in [3.05, 3.63) is 11.6 Å². The molecular formula is C15H30O3Si. The molecule has 0 atom stereocenters. The first-order valence-electron chi connectivity index (χ1n) is 7.25. The number of hydrogen-bond donors (Lipinski definition) is 0. The van der Waals surface area contributed by atoms with Crippen LogP contribution in [0.4, 0.5) is 0 Å². The fraction of sp³-hybridized carbons (Fsp3) is 0.867. The minimum absolute atomic E-state index is 0.00496. The van der Waals surface area contributed by atoms with Crippen molar-refractivity contribution in [2.24, 2.45) is 0 Å². The molecule has 3 nitrogen and oxygen atoms in total. The van der Waals surface area contributed by atoms with Crippen LogP contribution in [0, 0.1) is 0 Å². The molecule has 0 spiro atoms. The topological polar surface area (TPSA) is 27.7 Å². The van der Waals surface area contributed by atoms with Crippen LogP contribution in [0.5, 0.6) is 0 Å². The summed E-state index contributed by atoms with van der Waals surface area (Å²) in [5.74, 6) is 0. The molecule has 1 fully saturated rings. The summed E-state index contributed by atoms with van der Waals surface area (Å²) in [5, 5.41) is 0.277. The van der Waals surface area contributed by atoms with Gasteiger partial charge in [-0.1, -0.05) is 32.4 Å². The van der Waals surface area contributed by atoms with Gasteiger partial charge in [-0.2, -0.15) is 0 Å². The number of rotatable bonds is 6. The minimum atomic E-state index is -1.62. The Labute approximate surface area is 119 Å². The lowest BCUT2D eigenvalue weighted by atomic mass is 10.2. The summed E-state index contributed by atoms with van der Waals surface area (Å²) in [5.41, 5.74) is 1.31. The van der Waals surface area contributed by atoms with Crippen molar-refractivity contribution in [1.29, 1.82) is 0 Å². The van der Waals surface area contributed by atoms with Crippen molar-refractivity contribution >= 4 is 8.32 Å². The van der Waals surface area contributed by atoms with Crippen LogP contribution in [0.2, 0.25) is 18.1 Å². The van der Waals surface area contributed by atoms with Crippen molar-refractivity contribution in [2.75, 3.05) is 19.8 Å².